The van der Waals surface area contributed by atoms with Gasteiger partial charge in [-0.25, -0.2) is 14.1 Å². The summed E-state index contributed by atoms with van der Waals surface area (Å²) >= 11 is 0. The first-order valence-corrected chi connectivity index (χ1v) is 10.7. The van der Waals surface area contributed by atoms with Crippen LogP contribution >= 0.6 is 0 Å². The first kappa shape index (κ1) is 24.1. The van der Waals surface area contributed by atoms with E-state index >= 15 is 0 Å². The maximum Gasteiger partial charge on any atom is 0.335 e. The highest BCUT2D eigenvalue weighted by Crippen LogP contribution is 2.26. The molecular weight excluding hydrogens is 469 g/mol. The van der Waals surface area contributed by atoms with E-state index in [1.54, 1.807) is 42.5 Å². The fraction of sp³-hybridized carbons (Fsp3) is 0.0769. The summed E-state index contributed by atoms with van der Waals surface area (Å²) in [6, 6.07) is 17.4. The quantitative estimate of drug-likeness (QED) is 0.388. The van der Waals surface area contributed by atoms with Crippen LogP contribution in [0.25, 0.3) is 6.08 Å². The van der Waals surface area contributed by atoms with Crippen molar-refractivity contribution in [1.29, 1.82) is 0 Å². The van der Waals surface area contributed by atoms with Crippen molar-refractivity contribution in [2.75, 3.05) is 23.9 Å². The Morgan fingerprint density at radius 1 is 1.00 bits per heavy atom. The molecule has 9 nitrogen and oxygen atoms in total. The number of rotatable bonds is 7. The second kappa shape index (κ2) is 10.5. The van der Waals surface area contributed by atoms with E-state index in [-0.39, 0.29) is 22.7 Å². The molecule has 3 aromatic carbocycles. The molecule has 0 atom stereocenters. The number of ether oxygens (including phenoxy) is 2. The first-order chi connectivity index (χ1) is 17.4. The van der Waals surface area contributed by atoms with Gasteiger partial charge in [0.15, 0.2) is 6.61 Å². The summed E-state index contributed by atoms with van der Waals surface area (Å²) in [4.78, 5) is 51.1. The van der Waals surface area contributed by atoms with Crippen LogP contribution in [-0.2, 0) is 14.4 Å². The smallest absolute Gasteiger partial charge is 0.335 e. The largest absolute Gasteiger partial charge is 0.497 e. The predicted octanol–water partition coefficient (Wildman–Crippen LogP) is 3.52. The van der Waals surface area contributed by atoms with E-state index in [2.05, 4.69) is 10.6 Å². The zero-order valence-electron chi connectivity index (χ0n) is 19.0. The summed E-state index contributed by atoms with van der Waals surface area (Å²) in [5.41, 5.74) is 0.260. The van der Waals surface area contributed by atoms with Gasteiger partial charge in [-0.05, 0) is 48.5 Å². The van der Waals surface area contributed by atoms with Crippen LogP contribution in [0.5, 0.6) is 11.5 Å². The Balaban J connectivity index is 1.54. The number of imide groups is 2. The third-order valence-electron chi connectivity index (χ3n) is 5.16. The Morgan fingerprint density at radius 2 is 1.69 bits per heavy atom. The van der Waals surface area contributed by atoms with E-state index in [0.717, 1.165) is 4.90 Å². The molecule has 1 aliphatic heterocycles. The molecule has 2 N–H and O–H groups in total. The minimum Gasteiger partial charge on any atom is -0.497 e. The van der Waals surface area contributed by atoms with E-state index < -0.39 is 36.2 Å². The van der Waals surface area contributed by atoms with E-state index in [4.69, 9.17) is 9.47 Å². The lowest BCUT2D eigenvalue weighted by Gasteiger charge is -2.26. The lowest BCUT2D eigenvalue weighted by molar-refractivity contribution is -0.122. The molecule has 10 heteroatoms. The van der Waals surface area contributed by atoms with Crippen LogP contribution in [0.15, 0.2) is 78.4 Å². The van der Waals surface area contributed by atoms with Crippen LogP contribution in [0.3, 0.4) is 0 Å². The van der Waals surface area contributed by atoms with Crippen molar-refractivity contribution in [3.8, 4) is 11.5 Å². The minimum atomic E-state index is -0.887. The highest BCUT2D eigenvalue weighted by molar-refractivity contribution is 6.39. The molecular formula is C26H20FN3O6. The molecule has 0 aliphatic carbocycles. The average Bonchev–Trinajstić information content (AvgIpc) is 2.87. The van der Waals surface area contributed by atoms with E-state index in [9.17, 15) is 23.6 Å². The molecule has 0 radical (unpaired) electrons. The van der Waals surface area contributed by atoms with Crippen LogP contribution in [0, 0.1) is 5.82 Å². The lowest BCUT2D eigenvalue weighted by atomic mass is 10.1. The number of halogens is 1. The SMILES string of the molecule is COc1ccc(N2C(=O)NC(=O)/C(=C\c3ccccc3OCC(=O)Nc3ccccc3F)C2=O)cc1. The van der Waals surface area contributed by atoms with Crippen molar-refractivity contribution >= 4 is 41.2 Å². The number of para-hydroxylation sites is 2. The number of carbonyl (C=O) groups excluding carboxylic acids is 4. The molecule has 3 aromatic rings. The number of hydrogen-bond donors (Lipinski definition) is 2. The van der Waals surface area contributed by atoms with Crippen molar-refractivity contribution in [2.45, 2.75) is 0 Å². The average molecular weight is 489 g/mol. The highest BCUT2D eigenvalue weighted by atomic mass is 19.1. The van der Waals surface area contributed by atoms with Gasteiger partial charge < -0.3 is 14.8 Å². The number of nitrogens with one attached hydrogen (secondary N) is 2. The number of methoxy groups -OCH3 is 1. The molecule has 1 heterocycles. The molecule has 36 heavy (non-hydrogen) atoms. The van der Waals surface area contributed by atoms with E-state index in [1.165, 1.54) is 43.5 Å². The van der Waals surface area contributed by atoms with Gasteiger partial charge in [-0.1, -0.05) is 30.3 Å². The second-order valence-electron chi connectivity index (χ2n) is 7.51. The third kappa shape index (κ3) is 5.22. The van der Waals surface area contributed by atoms with Crippen LogP contribution in [0.1, 0.15) is 5.56 Å². The molecule has 0 aromatic heterocycles. The third-order valence-corrected chi connectivity index (χ3v) is 5.16. The molecule has 4 rings (SSSR count). The van der Waals surface area contributed by atoms with Gasteiger partial charge in [-0.15, -0.1) is 0 Å². The number of amides is 5. The van der Waals surface area contributed by atoms with Gasteiger partial charge in [0.1, 0.15) is 22.9 Å². The summed E-state index contributed by atoms with van der Waals surface area (Å²) in [5.74, 6) is -2.18. The first-order valence-electron chi connectivity index (χ1n) is 10.7. The second-order valence-corrected chi connectivity index (χ2v) is 7.51. The Morgan fingerprint density at radius 3 is 2.42 bits per heavy atom. The van der Waals surface area contributed by atoms with Crippen LogP contribution in [-0.4, -0.2) is 37.5 Å². The predicted molar refractivity (Wildman–Crippen MR) is 129 cm³/mol. The molecule has 182 valence electrons. The lowest BCUT2D eigenvalue weighted by Crippen LogP contribution is -2.54. The zero-order valence-corrected chi connectivity index (χ0v) is 19.0. The van der Waals surface area contributed by atoms with Crippen molar-refractivity contribution in [3.63, 3.8) is 0 Å². The van der Waals surface area contributed by atoms with Gasteiger partial charge >= 0.3 is 6.03 Å². The monoisotopic (exact) mass is 489 g/mol. The standard InChI is InChI=1S/C26H20FN3O6/c1-35-18-12-10-17(11-13-18)30-25(33)19(24(32)29-26(30)34)14-16-6-2-5-9-22(16)36-15-23(31)28-21-8-4-3-7-20(21)27/h2-14H,15H2,1H3,(H,28,31)(H,29,32,34)/b19-14+. The topological polar surface area (TPSA) is 114 Å². The molecule has 0 saturated carbocycles. The number of nitrogens with zero attached hydrogens (tertiary/aromatic N) is 1. The normalized spacial score (nSPS) is 14.4. The van der Waals surface area contributed by atoms with Gasteiger partial charge in [0.25, 0.3) is 17.7 Å². The Bertz CT molecular complexity index is 1370. The Kier molecular flexibility index (Phi) is 7.05. The number of benzene rings is 3. The zero-order chi connectivity index (χ0) is 25.7. The molecule has 0 unspecified atom stereocenters. The number of hydrogen-bond acceptors (Lipinski definition) is 6. The van der Waals surface area contributed by atoms with Crippen LogP contribution in [0.4, 0.5) is 20.6 Å². The number of urea groups is 1. The fourth-order valence-electron chi connectivity index (χ4n) is 3.40. The number of anilines is 2. The maximum absolute atomic E-state index is 13.8. The number of carbonyl (C=O) groups is 4. The summed E-state index contributed by atoms with van der Waals surface area (Å²) in [5, 5.41) is 4.55. The molecule has 1 fully saturated rings. The van der Waals surface area contributed by atoms with Crippen molar-refractivity contribution < 1.29 is 33.0 Å². The molecule has 0 spiro atoms. The summed E-state index contributed by atoms with van der Waals surface area (Å²) < 4.78 is 24.4. The van der Waals surface area contributed by atoms with Gasteiger partial charge in [0.2, 0.25) is 0 Å². The van der Waals surface area contributed by atoms with Gasteiger partial charge in [0, 0.05) is 5.56 Å². The summed E-state index contributed by atoms with van der Waals surface area (Å²) in [6.07, 6.45) is 1.27. The van der Waals surface area contributed by atoms with E-state index in [0.29, 0.717) is 11.3 Å². The molecule has 1 aliphatic rings. The summed E-state index contributed by atoms with van der Waals surface area (Å²) in [7, 11) is 1.48. The number of barbiturate groups is 1. The Hall–Kier alpha value is -4.99. The van der Waals surface area contributed by atoms with Gasteiger partial charge in [-0.2, -0.15) is 0 Å². The molecule has 1 saturated heterocycles. The molecule has 0 bridgehead atoms. The minimum absolute atomic E-state index is 0.00858. The van der Waals surface area contributed by atoms with Crippen LogP contribution < -0.4 is 25.0 Å². The highest BCUT2D eigenvalue weighted by Gasteiger charge is 2.37. The molecule has 5 amide bonds. The fourth-order valence-corrected chi connectivity index (χ4v) is 3.40. The van der Waals surface area contributed by atoms with Gasteiger partial charge in [-0.3, -0.25) is 19.7 Å². The van der Waals surface area contributed by atoms with Crippen LogP contribution in [0.2, 0.25) is 0 Å². The van der Waals surface area contributed by atoms with Crippen molar-refractivity contribution in [2.24, 2.45) is 0 Å². The van der Waals surface area contributed by atoms with Gasteiger partial charge in [0.05, 0.1) is 18.5 Å². The van der Waals surface area contributed by atoms with E-state index in [1.807, 2.05) is 0 Å². The Labute approximate surface area is 205 Å². The summed E-state index contributed by atoms with van der Waals surface area (Å²) in [6.45, 7) is -0.453. The van der Waals surface area contributed by atoms with Crippen molar-refractivity contribution in [1.82, 2.24) is 5.32 Å². The maximum atomic E-state index is 13.8. The van der Waals surface area contributed by atoms with Crippen molar-refractivity contribution in [3.05, 3.63) is 89.8 Å².